The van der Waals surface area contributed by atoms with Gasteiger partial charge in [-0.3, -0.25) is 4.99 Å². The molecule has 0 spiro atoms. The lowest BCUT2D eigenvalue weighted by Crippen LogP contribution is -2.33. The van der Waals surface area contributed by atoms with Crippen molar-refractivity contribution in [2.75, 3.05) is 13.1 Å². The maximum Gasteiger partial charge on any atom is 0.188 e. The van der Waals surface area contributed by atoms with Gasteiger partial charge in [0.2, 0.25) is 0 Å². The third-order valence-corrected chi connectivity index (χ3v) is 3.49. The molecule has 0 radical (unpaired) electrons. The molecule has 0 heterocycles. The second-order valence-electron chi connectivity index (χ2n) is 5.11. The van der Waals surface area contributed by atoms with Gasteiger partial charge >= 0.3 is 0 Å². The Labute approximate surface area is 126 Å². The molecule has 2 aromatic carbocycles. The van der Waals surface area contributed by atoms with Crippen molar-refractivity contribution < 1.29 is 0 Å². The van der Waals surface area contributed by atoms with Crippen molar-refractivity contribution in [3.05, 3.63) is 71.3 Å². The highest BCUT2D eigenvalue weighted by Gasteiger charge is 1.97. The van der Waals surface area contributed by atoms with E-state index in [0.717, 1.165) is 25.9 Å². The number of nitrogens with zero attached hydrogens (tertiary/aromatic N) is 1. The molecule has 0 aliphatic rings. The summed E-state index contributed by atoms with van der Waals surface area (Å²) in [7, 11) is 0. The molecule has 2 rings (SSSR count). The molecule has 3 N–H and O–H groups in total. The van der Waals surface area contributed by atoms with E-state index >= 15 is 0 Å². The van der Waals surface area contributed by atoms with E-state index in [2.05, 4.69) is 65.8 Å². The van der Waals surface area contributed by atoms with Crippen molar-refractivity contribution in [1.29, 1.82) is 0 Å². The Morgan fingerprint density at radius 2 is 1.71 bits per heavy atom. The van der Waals surface area contributed by atoms with Crippen LogP contribution in [0.4, 0.5) is 0 Å². The van der Waals surface area contributed by atoms with E-state index in [0.29, 0.717) is 5.96 Å². The van der Waals surface area contributed by atoms with Crippen molar-refractivity contribution in [2.24, 2.45) is 10.7 Å². The van der Waals surface area contributed by atoms with Crippen LogP contribution in [0.1, 0.15) is 16.7 Å². The van der Waals surface area contributed by atoms with E-state index in [4.69, 9.17) is 5.73 Å². The van der Waals surface area contributed by atoms with Crippen LogP contribution in [0, 0.1) is 6.92 Å². The van der Waals surface area contributed by atoms with E-state index < -0.39 is 0 Å². The van der Waals surface area contributed by atoms with Gasteiger partial charge in [0.05, 0.1) is 0 Å². The summed E-state index contributed by atoms with van der Waals surface area (Å²) >= 11 is 0. The Morgan fingerprint density at radius 1 is 1.00 bits per heavy atom. The summed E-state index contributed by atoms with van der Waals surface area (Å²) in [6, 6.07) is 18.8. The van der Waals surface area contributed by atoms with Crippen molar-refractivity contribution in [3.63, 3.8) is 0 Å². The summed E-state index contributed by atoms with van der Waals surface area (Å²) in [5.74, 6) is 0.527. The molecule has 0 atom stereocenters. The SMILES string of the molecule is Cc1ccccc1CCN=C(N)NCCc1ccccc1. The van der Waals surface area contributed by atoms with Crippen LogP contribution in [0.15, 0.2) is 59.6 Å². The number of rotatable bonds is 6. The molecule has 2 aromatic rings. The molecular weight excluding hydrogens is 258 g/mol. The monoisotopic (exact) mass is 281 g/mol. The van der Waals surface area contributed by atoms with Gasteiger partial charge in [0.1, 0.15) is 0 Å². The van der Waals surface area contributed by atoms with Gasteiger partial charge in [0.25, 0.3) is 0 Å². The number of nitrogens with one attached hydrogen (secondary N) is 1. The van der Waals surface area contributed by atoms with Crippen molar-refractivity contribution in [2.45, 2.75) is 19.8 Å². The number of hydrogen-bond acceptors (Lipinski definition) is 1. The van der Waals surface area contributed by atoms with E-state index in [1.165, 1.54) is 16.7 Å². The number of hydrogen-bond donors (Lipinski definition) is 2. The predicted octanol–water partition coefficient (Wildman–Crippen LogP) is 2.68. The molecule has 0 unspecified atom stereocenters. The number of nitrogens with two attached hydrogens (primary N) is 1. The Kier molecular flexibility index (Phi) is 5.83. The van der Waals surface area contributed by atoms with Crippen molar-refractivity contribution >= 4 is 5.96 Å². The number of guanidine groups is 1. The molecule has 0 bridgehead atoms. The first-order valence-electron chi connectivity index (χ1n) is 7.38. The summed E-state index contributed by atoms with van der Waals surface area (Å²) in [6.45, 7) is 3.65. The molecule has 3 heteroatoms. The fourth-order valence-electron chi connectivity index (χ4n) is 2.22. The van der Waals surface area contributed by atoms with Gasteiger partial charge < -0.3 is 11.1 Å². The molecule has 0 fully saturated rings. The fraction of sp³-hybridized carbons (Fsp3) is 0.278. The highest BCUT2D eigenvalue weighted by Crippen LogP contribution is 2.07. The van der Waals surface area contributed by atoms with Crippen LogP contribution in [0.3, 0.4) is 0 Å². The summed E-state index contributed by atoms with van der Waals surface area (Å²) < 4.78 is 0. The van der Waals surface area contributed by atoms with E-state index in [-0.39, 0.29) is 0 Å². The Hall–Kier alpha value is -2.29. The largest absolute Gasteiger partial charge is 0.370 e. The second kappa shape index (κ2) is 8.10. The van der Waals surface area contributed by atoms with Gasteiger partial charge in [-0.25, -0.2) is 0 Å². The second-order valence-corrected chi connectivity index (χ2v) is 5.11. The number of benzene rings is 2. The van der Waals surface area contributed by atoms with Crippen molar-refractivity contribution in [3.8, 4) is 0 Å². The average Bonchev–Trinajstić information content (AvgIpc) is 2.50. The maximum absolute atomic E-state index is 5.88. The standard InChI is InChI=1S/C18H23N3/c1-15-7-5-6-10-17(15)12-14-21-18(19)20-13-11-16-8-3-2-4-9-16/h2-10H,11-14H2,1H3,(H3,19,20,21). The summed E-state index contributed by atoms with van der Waals surface area (Å²) in [4.78, 5) is 4.38. The van der Waals surface area contributed by atoms with Crippen LogP contribution in [-0.4, -0.2) is 19.0 Å². The quantitative estimate of drug-likeness (QED) is 0.632. The van der Waals surface area contributed by atoms with E-state index in [9.17, 15) is 0 Å². The minimum atomic E-state index is 0.527. The third-order valence-electron chi connectivity index (χ3n) is 3.49. The molecule has 3 nitrogen and oxygen atoms in total. The summed E-state index contributed by atoms with van der Waals surface area (Å²) in [5.41, 5.74) is 9.82. The first kappa shape index (κ1) is 15.1. The fourth-order valence-corrected chi connectivity index (χ4v) is 2.22. The first-order valence-corrected chi connectivity index (χ1v) is 7.38. The van der Waals surface area contributed by atoms with Crippen LogP contribution in [0.2, 0.25) is 0 Å². The van der Waals surface area contributed by atoms with Crippen LogP contribution in [0.5, 0.6) is 0 Å². The van der Waals surface area contributed by atoms with Gasteiger partial charge in [-0.05, 0) is 36.5 Å². The average molecular weight is 281 g/mol. The van der Waals surface area contributed by atoms with Gasteiger partial charge in [0, 0.05) is 13.1 Å². The summed E-state index contributed by atoms with van der Waals surface area (Å²) in [5, 5.41) is 3.16. The molecule has 0 aromatic heterocycles. The molecule has 0 aliphatic heterocycles. The van der Waals surface area contributed by atoms with Gasteiger partial charge in [0.15, 0.2) is 5.96 Å². The third kappa shape index (κ3) is 5.30. The van der Waals surface area contributed by atoms with Gasteiger partial charge in [-0.15, -0.1) is 0 Å². The lowest BCUT2D eigenvalue weighted by Gasteiger charge is -2.06. The molecular formula is C18H23N3. The lowest BCUT2D eigenvalue weighted by atomic mass is 10.1. The molecule has 21 heavy (non-hydrogen) atoms. The minimum Gasteiger partial charge on any atom is -0.370 e. The molecule has 0 saturated heterocycles. The smallest absolute Gasteiger partial charge is 0.188 e. The highest BCUT2D eigenvalue weighted by molar-refractivity contribution is 5.77. The first-order chi connectivity index (χ1) is 10.3. The van der Waals surface area contributed by atoms with E-state index in [1.54, 1.807) is 0 Å². The maximum atomic E-state index is 5.88. The topological polar surface area (TPSA) is 50.4 Å². The van der Waals surface area contributed by atoms with Crippen LogP contribution >= 0.6 is 0 Å². The zero-order valence-corrected chi connectivity index (χ0v) is 12.5. The van der Waals surface area contributed by atoms with Crippen LogP contribution in [-0.2, 0) is 12.8 Å². The molecule has 0 amide bonds. The Balaban J connectivity index is 1.71. The minimum absolute atomic E-state index is 0.527. The molecule has 0 saturated carbocycles. The van der Waals surface area contributed by atoms with Crippen LogP contribution in [0.25, 0.3) is 0 Å². The number of aryl methyl sites for hydroxylation is 1. The predicted molar refractivity (Wildman–Crippen MR) is 89.5 cm³/mol. The molecule has 0 aliphatic carbocycles. The van der Waals surface area contributed by atoms with Crippen LogP contribution < -0.4 is 11.1 Å². The zero-order valence-electron chi connectivity index (χ0n) is 12.5. The normalized spacial score (nSPS) is 11.4. The van der Waals surface area contributed by atoms with Gasteiger partial charge in [-0.1, -0.05) is 54.6 Å². The lowest BCUT2D eigenvalue weighted by molar-refractivity contribution is 0.843. The zero-order chi connectivity index (χ0) is 14.9. The Morgan fingerprint density at radius 3 is 2.48 bits per heavy atom. The number of aliphatic imine (C=N–C) groups is 1. The summed E-state index contributed by atoms with van der Waals surface area (Å²) in [6.07, 6.45) is 1.88. The van der Waals surface area contributed by atoms with Crippen molar-refractivity contribution in [1.82, 2.24) is 5.32 Å². The molecule has 110 valence electrons. The van der Waals surface area contributed by atoms with E-state index in [1.807, 2.05) is 6.07 Å². The highest BCUT2D eigenvalue weighted by atomic mass is 15.1. The van der Waals surface area contributed by atoms with Gasteiger partial charge in [-0.2, -0.15) is 0 Å². The Bertz CT molecular complexity index is 576.